The Morgan fingerprint density at radius 2 is 1.56 bits per heavy atom. The van der Waals surface area contributed by atoms with Gasteiger partial charge in [-0.1, -0.05) is 13.8 Å². The Kier molecular flexibility index (Phi) is 8.06. The van der Waals surface area contributed by atoms with Crippen LogP contribution in [0.2, 0.25) is 0 Å². The van der Waals surface area contributed by atoms with Crippen molar-refractivity contribution in [2.24, 2.45) is 5.92 Å². The number of aliphatic carboxylic acids is 1. The minimum atomic E-state index is -1.09. The quantitative estimate of drug-likeness (QED) is 0.544. The minimum absolute atomic E-state index is 0.0770. The molecule has 0 aromatic carbocycles. The van der Waals surface area contributed by atoms with E-state index in [1.54, 1.807) is 0 Å². The van der Waals surface area contributed by atoms with E-state index in [0.717, 1.165) is 0 Å². The van der Waals surface area contributed by atoms with Crippen LogP contribution < -0.4 is 0 Å². The van der Waals surface area contributed by atoms with Gasteiger partial charge in [-0.15, -0.1) is 0 Å². The fourth-order valence-electron chi connectivity index (χ4n) is 1.56. The summed E-state index contributed by atoms with van der Waals surface area (Å²) in [4.78, 5) is 25.2. The van der Waals surface area contributed by atoms with E-state index in [4.69, 9.17) is 15.3 Å². The topological polar surface area (TPSA) is 101 Å². The van der Waals surface area contributed by atoms with Crippen LogP contribution in [0, 0.1) is 5.92 Å². The molecule has 0 atom stereocenters. The first kappa shape index (κ1) is 16.7. The SMILES string of the molecule is CC(C)CN(CC(=O)O)C(=O)N(CCO)CCO. The zero-order valence-corrected chi connectivity index (χ0v) is 10.9. The van der Waals surface area contributed by atoms with E-state index in [1.807, 2.05) is 13.8 Å². The second kappa shape index (κ2) is 8.71. The van der Waals surface area contributed by atoms with Gasteiger partial charge in [-0.25, -0.2) is 4.79 Å². The molecule has 0 aliphatic heterocycles. The lowest BCUT2D eigenvalue weighted by molar-refractivity contribution is -0.137. The molecule has 0 spiro atoms. The van der Waals surface area contributed by atoms with Crippen LogP contribution in [-0.4, -0.2) is 76.5 Å². The van der Waals surface area contributed by atoms with Crippen LogP contribution in [-0.2, 0) is 4.79 Å². The number of amides is 2. The Labute approximate surface area is 107 Å². The van der Waals surface area contributed by atoms with Gasteiger partial charge >= 0.3 is 12.0 Å². The summed E-state index contributed by atoms with van der Waals surface area (Å²) in [5.74, 6) is -0.949. The zero-order valence-electron chi connectivity index (χ0n) is 10.9. The summed E-state index contributed by atoms with van der Waals surface area (Å²) in [6.07, 6.45) is 0. The average molecular weight is 262 g/mol. The van der Waals surface area contributed by atoms with Gasteiger partial charge in [0.2, 0.25) is 0 Å². The van der Waals surface area contributed by atoms with Gasteiger partial charge in [0.25, 0.3) is 0 Å². The molecule has 0 saturated heterocycles. The Morgan fingerprint density at radius 3 is 1.89 bits per heavy atom. The van der Waals surface area contributed by atoms with E-state index >= 15 is 0 Å². The van der Waals surface area contributed by atoms with Crippen molar-refractivity contribution in [1.29, 1.82) is 0 Å². The Balaban J connectivity index is 4.71. The van der Waals surface area contributed by atoms with E-state index in [2.05, 4.69) is 0 Å². The van der Waals surface area contributed by atoms with Crippen LogP contribution in [0.4, 0.5) is 4.79 Å². The molecule has 0 unspecified atom stereocenters. The largest absolute Gasteiger partial charge is 0.480 e. The van der Waals surface area contributed by atoms with E-state index in [-0.39, 0.29) is 38.8 Å². The fourth-order valence-corrected chi connectivity index (χ4v) is 1.56. The van der Waals surface area contributed by atoms with Gasteiger partial charge < -0.3 is 25.1 Å². The maximum atomic E-state index is 12.1. The molecule has 7 heteroatoms. The first-order chi connectivity index (χ1) is 8.42. The lowest BCUT2D eigenvalue weighted by atomic mass is 10.2. The lowest BCUT2D eigenvalue weighted by Crippen LogP contribution is -2.48. The van der Waals surface area contributed by atoms with Crippen molar-refractivity contribution in [2.75, 3.05) is 39.4 Å². The fraction of sp³-hybridized carbons (Fsp3) is 0.818. The smallest absolute Gasteiger partial charge is 0.323 e. The number of carboxylic acids is 1. The molecule has 0 saturated carbocycles. The Bertz CT molecular complexity index is 264. The van der Waals surface area contributed by atoms with Gasteiger partial charge in [-0.05, 0) is 5.92 Å². The number of hydrogen-bond donors (Lipinski definition) is 3. The monoisotopic (exact) mass is 262 g/mol. The van der Waals surface area contributed by atoms with Crippen molar-refractivity contribution in [1.82, 2.24) is 9.80 Å². The van der Waals surface area contributed by atoms with E-state index < -0.39 is 12.0 Å². The summed E-state index contributed by atoms with van der Waals surface area (Å²) in [6.45, 7) is 3.39. The van der Waals surface area contributed by atoms with Gasteiger partial charge in [0.15, 0.2) is 0 Å². The molecule has 7 nitrogen and oxygen atoms in total. The maximum Gasteiger partial charge on any atom is 0.323 e. The highest BCUT2D eigenvalue weighted by molar-refractivity contribution is 5.80. The highest BCUT2D eigenvalue weighted by atomic mass is 16.4. The van der Waals surface area contributed by atoms with Crippen molar-refractivity contribution < 1.29 is 24.9 Å². The third-order valence-electron chi connectivity index (χ3n) is 2.19. The highest BCUT2D eigenvalue weighted by Gasteiger charge is 2.22. The predicted octanol–water partition coefficient (Wildman–Crippen LogP) is -0.564. The van der Waals surface area contributed by atoms with E-state index in [0.29, 0.717) is 6.54 Å². The molecule has 0 heterocycles. The van der Waals surface area contributed by atoms with Crippen LogP contribution in [0.3, 0.4) is 0 Å². The number of nitrogens with zero attached hydrogens (tertiary/aromatic N) is 2. The molecule has 3 N–H and O–H groups in total. The number of carbonyl (C=O) groups excluding carboxylic acids is 1. The molecule has 0 aliphatic rings. The molecule has 0 aromatic heterocycles. The van der Waals surface area contributed by atoms with Gasteiger partial charge in [-0.2, -0.15) is 0 Å². The molecule has 0 fully saturated rings. The van der Waals surface area contributed by atoms with Crippen molar-refractivity contribution in [3.63, 3.8) is 0 Å². The number of carbonyl (C=O) groups is 2. The van der Waals surface area contributed by atoms with Crippen molar-refractivity contribution in [3.05, 3.63) is 0 Å². The number of rotatable bonds is 8. The second-order valence-corrected chi connectivity index (χ2v) is 4.38. The molecule has 106 valence electrons. The second-order valence-electron chi connectivity index (χ2n) is 4.38. The summed E-state index contributed by atoms with van der Waals surface area (Å²) in [5, 5.41) is 26.5. The third-order valence-corrected chi connectivity index (χ3v) is 2.19. The van der Waals surface area contributed by atoms with Crippen LogP contribution in [0.25, 0.3) is 0 Å². The normalized spacial score (nSPS) is 10.5. The number of urea groups is 1. The zero-order chi connectivity index (χ0) is 14.1. The minimum Gasteiger partial charge on any atom is -0.480 e. The summed E-state index contributed by atoms with van der Waals surface area (Å²) in [6, 6.07) is -0.478. The van der Waals surface area contributed by atoms with E-state index in [1.165, 1.54) is 9.80 Å². The summed E-state index contributed by atoms with van der Waals surface area (Å²) in [7, 11) is 0. The predicted molar refractivity (Wildman–Crippen MR) is 65.2 cm³/mol. The lowest BCUT2D eigenvalue weighted by Gasteiger charge is -2.30. The number of carboxylic acid groups (broad SMARTS) is 1. The van der Waals surface area contributed by atoms with Crippen molar-refractivity contribution >= 4 is 12.0 Å². The Hall–Kier alpha value is -1.34. The van der Waals surface area contributed by atoms with Gasteiger partial charge in [-0.3, -0.25) is 4.79 Å². The van der Waals surface area contributed by atoms with Gasteiger partial charge in [0.1, 0.15) is 6.54 Å². The number of aliphatic hydroxyl groups is 2. The first-order valence-corrected chi connectivity index (χ1v) is 5.89. The molecule has 18 heavy (non-hydrogen) atoms. The first-order valence-electron chi connectivity index (χ1n) is 5.89. The third kappa shape index (κ3) is 6.41. The summed E-state index contributed by atoms with van der Waals surface area (Å²) < 4.78 is 0. The number of aliphatic hydroxyl groups excluding tert-OH is 2. The molecule has 0 rings (SSSR count). The summed E-state index contributed by atoms with van der Waals surface area (Å²) >= 11 is 0. The molecular formula is C11H22N2O5. The molecule has 0 aliphatic carbocycles. The molecule has 0 bridgehead atoms. The van der Waals surface area contributed by atoms with Gasteiger partial charge in [0.05, 0.1) is 13.2 Å². The Morgan fingerprint density at radius 1 is 1.06 bits per heavy atom. The maximum absolute atomic E-state index is 12.1. The van der Waals surface area contributed by atoms with E-state index in [9.17, 15) is 9.59 Å². The van der Waals surface area contributed by atoms with Crippen LogP contribution in [0.1, 0.15) is 13.8 Å². The van der Waals surface area contributed by atoms with Crippen LogP contribution >= 0.6 is 0 Å². The van der Waals surface area contributed by atoms with Crippen molar-refractivity contribution in [2.45, 2.75) is 13.8 Å². The molecule has 0 aromatic rings. The average Bonchev–Trinajstić information content (AvgIpc) is 2.25. The standard InChI is InChI=1S/C11H22N2O5/c1-9(2)7-13(8-10(16)17)11(18)12(3-5-14)4-6-15/h9,14-15H,3-8H2,1-2H3,(H,16,17). The number of hydrogen-bond acceptors (Lipinski definition) is 4. The molecular weight excluding hydrogens is 240 g/mol. The molecule has 2 amide bonds. The van der Waals surface area contributed by atoms with Crippen molar-refractivity contribution in [3.8, 4) is 0 Å². The molecule has 0 radical (unpaired) electrons. The van der Waals surface area contributed by atoms with Crippen LogP contribution in [0.15, 0.2) is 0 Å². The summed E-state index contributed by atoms with van der Waals surface area (Å²) in [5.41, 5.74) is 0. The van der Waals surface area contributed by atoms with Gasteiger partial charge in [0, 0.05) is 19.6 Å². The van der Waals surface area contributed by atoms with Crippen LogP contribution in [0.5, 0.6) is 0 Å². The highest BCUT2D eigenvalue weighted by Crippen LogP contribution is 2.04.